The second-order valence-electron chi connectivity index (χ2n) is 5.26. The molecule has 0 saturated carbocycles. The molecule has 0 radical (unpaired) electrons. The number of phenols is 1. The standard InChI is InChI=1S/C17H29N3O3.HI/c1-5-6-7-8-9-19-17(18-2)20-12-13-10-14(22-3)16(21)15(11-13)23-4;/h10-11,21H,5-9,12H2,1-4H3,(H2,18,19,20);1H. The molecule has 0 unspecified atom stereocenters. The van der Waals surface area contributed by atoms with Gasteiger partial charge in [0, 0.05) is 20.1 Å². The molecule has 0 aromatic heterocycles. The number of ether oxygens (including phenoxy) is 2. The Morgan fingerprint density at radius 1 is 1.08 bits per heavy atom. The average Bonchev–Trinajstić information content (AvgIpc) is 2.58. The molecule has 0 spiro atoms. The molecule has 3 N–H and O–H groups in total. The van der Waals surface area contributed by atoms with E-state index in [1.165, 1.54) is 33.5 Å². The molecule has 1 aromatic rings. The Morgan fingerprint density at radius 2 is 1.71 bits per heavy atom. The van der Waals surface area contributed by atoms with E-state index >= 15 is 0 Å². The Morgan fingerprint density at radius 3 is 2.21 bits per heavy atom. The summed E-state index contributed by atoms with van der Waals surface area (Å²) < 4.78 is 10.3. The van der Waals surface area contributed by atoms with Gasteiger partial charge in [-0.25, -0.2) is 0 Å². The fourth-order valence-corrected chi connectivity index (χ4v) is 2.21. The van der Waals surface area contributed by atoms with E-state index in [0.717, 1.165) is 24.5 Å². The summed E-state index contributed by atoms with van der Waals surface area (Å²) in [5.74, 6) is 1.55. The van der Waals surface area contributed by atoms with Gasteiger partial charge in [-0.1, -0.05) is 26.2 Å². The summed E-state index contributed by atoms with van der Waals surface area (Å²) in [5, 5.41) is 16.5. The minimum Gasteiger partial charge on any atom is -0.502 e. The molecule has 7 heteroatoms. The van der Waals surface area contributed by atoms with Crippen molar-refractivity contribution in [2.75, 3.05) is 27.8 Å². The van der Waals surface area contributed by atoms with E-state index in [9.17, 15) is 5.11 Å². The van der Waals surface area contributed by atoms with Crippen molar-refractivity contribution in [2.24, 2.45) is 4.99 Å². The van der Waals surface area contributed by atoms with E-state index < -0.39 is 0 Å². The molecule has 6 nitrogen and oxygen atoms in total. The number of nitrogens with zero attached hydrogens (tertiary/aromatic N) is 1. The largest absolute Gasteiger partial charge is 0.502 e. The molecule has 24 heavy (non-hydrogen) atoms. The number of guanidine groups is 1. The fraction of sp³-hybridized carbons (Fsp3) is 0.588. The minimum absolute atomic E-state index is 0. The Hall–Kier alpha value is -1.38. The zero-order valence-electron chi connectivity index (χ0n) is 15.0. The van der Waals surface area contributed by atoms with E-state index in [0.29, 0.717) is 18.0 Å². The maximum absolute atomic E-state index is 9.92. The van der Waals surface area contributed by atoms with Gasteiger partial charge in [-0.05, 0) is 24.1 Å². The van der Waals surface area contributed by atoms with Crippen LogP contribution in [0.2, 0.25) is 0 Å². The maximum Gasteiger partial charge on any atom is 0.200 e. The summed E-state index contributed by atoms with van der Waals surface area (Å²) in [4.78, 5) is 4.21. The van der Waals surface area contributed by atoms with Crippen LogP contribution in [-0.4, -0.2) is 38.9 Å². The van der Waals surface area contributed by atoms with E-state index in [1.54, 1.807) is 19.2 Å². The number of hydrogen-bond acceptors (Lipinski definition) is 4. The van der Waals surface area contributed by atoms with Crippen LogP contribution in [0.1, 0.15) is 38.2 Å². The number of rotatable bonds is 9. The molecule has 0 aliphatic rings. The third-order valence-corrected chi connectivity index (χ3v) is 3.55. The number of halogens is 1. The van der Waals surface area contributed by atoms with Gasteiger partial charge in [0.2, 0.25) is 5.75 Å². The molecular formula is C17H30IN3O3. The first kappa shape index (κ1) is 22.6. The monoisotopic (exact) mass is 451 g/mol. The highest BCUT2D eigenvalue weighted by Crippen LogP contribution is 2.36. The topological polar surface area (TPSA) is 75.1 Å². The number of aliphatic imine (C=N–C) groups is 1. The van der Waals surface area contributed by atoms with E-state index in [-0.39, 0.29) is 29.7 Å². The number of aromatic hydroxyl groups is 1. The van der Waals surface area contributed by atoms with E-state index in [4.69, 9.17) is 9.47 Å². The van der Waals surface area contributed by atoms with Crippen LogP contribution < -0.4 is 20.1 Å². The SMILES string of the molecule is CCCCCCNC(=NC)NCc1cc(OC)c(O)c(OC)c1.I. The Labute approximate surface area is 162 Å². The molecule has 1 rings (SSSR count). The minimum atomic E-state index is 0. The predicted molar refractivity (Wildman–Crippen MR) is 109 cm³/mol. The zero-order chi connectivity index (χ0) is 17.1. The maximum atomic E-state index is 9.92. The lowest BCUT2D eigenvalue weighted by Gasteiger charge is -2.14. The summed E-state index contributed by atoms with van der Waals surface area (Å²) in [7, 11) is 4.78. The number of phenolic OH excluding ortho intramolecular Hbond substituents is 1. The van der Waals surface area contributed by atoms with Crippen LogP contribution in [0.25, 0.3) is 0 Å². The van der Waals surface area contributed by atoms with Gasteiger partial charge in [-0.15, -0.1) is 24.0 Å². The zero-order valence-corrected chi connectivity index (χ0v) is 17.3. The number of hydrogen-bond donors (Lipinski definition) is 3. The van der Waals surface area contributed by atoms with Crippen molar-refractivity contribution >= 4 is 29.9 Å². The van der Waals surface area contributed by atoms with Gasteiger partial charge in [0.1, 0.15) is 0 Å². The number of methoxy groups -OCH3 is 2. The Balaban J connectivity index is 0.00000529. The molecule has 138 valence electrons. The van der Waals surface area contributed by atoms with Crippen LogP contribution >= 0.6 is 24.0 Å². The lowest BCUT2D eigenvalue weighted by Crippen LogP contribution is -2.37. The molecule has 1 aromatic carbocycles. The van der Waals surface area contributed by atoms with Crippen LogP contribution in [0, 0.1) is 0 Å². The van der Waals surface area contributed by atoms with Gasteiger partial charge < -0.3 is 25.2 Å². The van der Waals surface area contributed by atoms with Gasteiger partial charge in [-0.2, -0.15) is 0 Å². The molecule has 0 aliphatic carbocycles. The summed E-state index contributed by atoms with van der Waals surface area (Å²) in [6.07, 6.45) is 4.86. The first-order valence-corrected chi connectivity index (χ1v) is 8.04. The van der Waals surface area contributed by atoms with Gasteiger partial charge >= 0.3 is 0 Å². The molecule has 0 heterocycles. The molecule has 0 atom stereocenters. The van der Waals surface area contributed by atoms with Gasteiger partial charge in [0.15, 0.2) is 17.5 Å². The smallest absolute Gasteiger partial charge is 0.200 e. The van der Waals surface area contributed by atoms with Crippen molar-refractivity contribution < 1.29 is 14.6 Å². The predicted octanol–water partition coefficient (Wildman–Crippen LogP) is 3.27. The van der Waals surface area contributed by atoms with Crippen molar-refractivity contribution in [3.63, 3.8) is 0 Å². The number of benzene rings is 1. The van der Waals surface area contributed by atoms with Crippen molar-refractivity contribution in [1.82, 2.24) is 10.6 Å². The van der Waals surface area contributed by atoms with Crippen molar-refractivity contribution in [3.05, 3.63) is 17.7 Å². The quantitative estimate of drug-likeness (QED) is 0.233. The lowest BCUT2D eigenvalue weighted by atomic mass is 10.2. The highest BCUT2D eigenvalue weighted by atomic mass is 127. The summed E-state index contributed by atoms with van der Waals surface area (Å²) in [5.41, 5.74) is 0.936. The third kappa shape index (κ3) is 7.46. The number of nitrogens with one attached hydrogen (secondary N) is 2. The summed E-state index contributed by atoms with van der Waals surface area (Å²) in [6.45, 7) is 3.66. The molecule has 0 fully saturated rings. The van der Waals surface area contributed by atoms with Crippen molar-refractivity contribution in [1.29, 1.82) is 0 Å². The average molecular weight is 451 g/mol. The van der Waals surface area contributed by atoms with E-state index in [1.807, 2.05) is 0 Å². The molecule has 0 bridgehead atoms. The summed E-state index contributed by atoms with van der Waals surface area (Å²) in [6, 6.07) is 3.55. The fourth-order valence-electron chi connectivity index (χ4n) is 2.21. The molecule has 0 saturated heterocycles. The first-order chi connectivity index (χ1) is 11.2. The van der Waals surface area contributed by atoms with Crippen molar-refractivity contribution in [3.8, 4) is 17.2 Å². The highest BCUT2D eigenvalue weighted by Gasteiger charge is 2.11. The van der Waals surface area contributed by atoms with Gasteiger partial charge in [0.25, 0.3) is 0 Å². The van der Waals surface area contributed by atoms with Crippen LogP contribution in [0.15, 0.2) is 17.1 Å². The van der Waals surface area contributed by atoms with Gasteiger partial charge in [-0.3, -0.25) is 4.99 Å². The second kappa shape index (κ2) is 13.0. The Bertz CT molecular complexity index is 485. The first-order valence-electron chi connectivity index (χ1n) is 8.04. The number of unbranched alkanes of at least 4 members (excludes halogenated alkanes) is 3. The van der Waals surface area contributed by atoms with E-state index in [2.05, 4.69) is 22.5 Å². The van der Waals surface area contributed by atoms with Crippen LogP contribution in [-0.2, 0) is 6.54 Å². The normalized spacial score (nSPS) is 10.8. The highest BCUT2D eigenvalue weighted by molar-refractivity contribution is 14.0. The second-order valence-corrected chi connectivity index (χ2v) is 5.26. The lowest BCUT2D eigenvalue weighted by molar-refractivity contribution is 0.339. The Kier molecular flexibility index (Phi) is 12.2. The van der Waals surface area contributed by atoms with Crippen LogP contribution in [0.4, 0.5) is 0 Å². The molecule has 0 amide bonds. The third-order valence-electron chi connectivity index (χ3n) is 3.55. The van der Waals surface area contributed by atoms with Crippen LogP contribution in [0.3, 0.4) is 0 Å². The summed E-state index contributed by atoms with van der Waals surface area (Å²) >= 11 is 0. The van der Waals surface area contributed by atoms with Gasteiger partial charge in [0.05, 0.1) is 14.2 Å². The van der Waals surface area contributed by atoms with Crippen LogP contribution in [0.5, 0.6) is 17.2 Å². The van der Waals surface area contributed by atoms with Crippen molar-refractivity contribution in [2.45, 2.75) is 39.2 Å². The molecular weight excluding hydrogens is 421 g/mol. The molecule has 0 aliphatic heterocycles.